The highest BCUT2D eigenvalue weighted by Gasteiger charge is 2.35. The molecule has 2 aromatic rings. The highest BCUT2D eigenvalue weighted by molar-refractivity contribution is 5.79. The second-order valence-electron chi connectivity index (χ2n) is 4.16. The van der Waals surface area contributed by atoms with Crippen molar-refractivity contribution in [3.63, 3.8) is 0 Å². The number of aliphatic hydroxyl groups excluding tert-OH is 2. The Morgan fingerprint density at radius 3 is 3.00 bits per heavy atom. The van der Waals surface area contributed by atoms with Crippen LogP contribution in [0, 0.1) is 0 Å². The molecule has 0 aliphatic carbocycles. The number of nitrogens with one attached hydrogen (secondary N) is 1. The van der Waals surface area contributed by atoms with Crippen LogP contribution in [0.3, 0.4) is 0 Å². The van der Waals surface area contributed by atoms with E-state index in [9.17, 15) is 5.11 Å². The Morgan fingerprint density at radius 2 is 2.28 bits per heavy atom. The van der Waals surface area contributed by atoms with Crippen LogP contribution in [0.25, 0.3) is 11.2 Å². The maximum atomic E-state index is 9.70. The van der Waals surface area contributed by atoms with Gasteiger partial charge in [-0.15, -0.1) is 0 Å². The van der Waals surface area contributed by atoms with Crippen LogP contribution in [0.1, 0.15) is 12.6 Å². The third kappa shape index (κ3) is 1.62. The van der Waals surface area contributed by atoms with E-state index < -0.39 is 18.4 Å². The van der Waals surface area contributed by atoms with Gasteiger partial charge in [-0.3, -0.25) is 10.3 Å². The van der Waals surface area contributed by atoms with Gasteiger partial charge in [-0.25, -0.2) is 15.0 Å². The molecular weight excluding hydrogens is 238 g/mol. The summed E-state index contributed by atoms with van der Waals surface area (Å²) in [5, 5.41) is 18.7. The zero-order valence-corrected chi connectivity index (χ0v) is 9.39. The van der Waals surface area contributed by atoms with Crippen LogP contribution in [0.4, 0.5) is 5.82 Å². The topological polar surface area (TPSA) is 117 Å². The highest BCUT2D eigenvalue weighted by Crippen LogP contribution is 2.31. The molecule has 0 unspecified atom stereocenters. The predicted octanol–water partition coefficient (Wildman–Crippen LogP) is -0.619. The Kier molecular flexibility index (Phi) is 2.62. The maximum Gasteiger partial charge on any atom is 0.176 e. The Balaban J connectivity index is 1.99. The van der Waals surface area contributed by atoms with Gasteiger partial charge in [0.05, 0.1) is 19.0 Å². The van der Waals surface area contributed by atoms with Gasteiger partial charge in [-0.05, 0) is 0 Å². The highest BCUT2D eigenvalue weighted by atomic mass is 16.5. The smallest absolute Gasteiger partial charge is 0.176 e. The number of ether oxygens (including phenoxy) is 1. The third-order valence-corrected chi connectivity index (χ3v) is 3.05. The van der Waals surface area contributed by atoms with Gasteiger partial charge in [0, 0.05) is 6.42 Å². The van der Waals surface area contributed by atoms with E-state index in [0.717, 1.165) is 0 Å². The van der Waals surface area contributed by atoms with Crippen molar-refractivity contribution in [2.45, 2.75) is 24.9 Å². The lowest BCUT2D eigenvalue weighted by molar-refractivity contribution is -0.0432. The van der Waals surface area contributed by atoms with Gasteiger partial charge in [0.15, 0.2) is 17.0 Å². The van der Waals surface area contributed by atoms with Crippen LogP contribution < -0.4 is 5.73 Å². The first-order chi connectivity index (χ1) is 8.70. The lowest BCUT2D eigenvalue weighted by atomic mass is 10.2. The number of hydrogen-bond donors (Lipinski definition) is 2. The van der Waals surface area contributed by atoms with Crippen LogP contribution in [-0.2, 0) is 4.74 Å². The van der Waals surface area contributed by atoms with Gasteiger partial charge in [0.25, 0.3) is 0 Å². The van der Waals surface area contributed by atoms with Crippen molar-refractivity contribution in [1.82, 2.24) is 25.3 Å². The van der Waals surface area contributed by atoms with Crippen molar-refractivity contribution in [2.24, 2.45) is 0 Å². The van der Waals surface area contributed by atoms with E-state index in [1.807, 2.05) is 0 Å². The summed E-state index contributed by atoms with van der Waals surface area (Å²) >= 11 is 0. The Morgan fingerprint density at radius 1 is 1.44 bits per heavy atom. The summed E-state index contributed by atoms with van der Waals surface area (Å²) in [5.74, 6) is 0.0519. The van der Waals surface area contributed by atoms with E-state index >= 15 is 0 Å². The average Bonchev–Trinajstić information content (AvgIpc) is 2.93. The molecule has 1 saturated heterocycles. The maximum absolute atomic E-state index is 9.70. The van der Waals surface area contributed by atoms with E-state index in [-0.39, 0.29) is 12.4 Å². The molecule has 0 saturated carbocycles. The number of aliphatic hydroxyl groups is 2. The van der Waals surface area contributed by atoms with Crippen molar-refractivity contribution in [3.05, 3.63) is 12.7 Å². The summed E-state index contributed by atoms with van der Waals surface area (Å²) in [7, 11) is 0. The summed E-state index contributed by atoms with van der Waals surface area (Å²) in [5.41, 5.74) is 8.49. The van der Waals surface area contributed by atoms with Gasteiger partial charge in [0.1, 0.15) is 18.7 Å². The number of hydrogen-bond acceptors (Lipinski definition) is 6. The minimum absolute atomic E-state index is 0.0519. The largest absolute Gasteiger partial charge is 0.394 e. The number of imidazole rings is 1. The molecule has 3 rings (SSSR count). The van der Waals surface area contributed by atoms with Crippen molar-refractivity contribution >= 4 is 17.0 Å². The summed E-state index contributed by atoms with van der Waals surface area (Å²) in [4.78, 5) is 11.9. The quantitative estimate of drug-likeness (QED) is 0.733. The molecule has 3 N–H and O–H groups in total. The molecule has 1 aliphatic rings. The second kappa shape index (κ2) is 4.16. The van der Waals surface area contributed by atoms with Crippen LogP contribution in [0.15, 0.2) is 12.7 Å². The van der Waals surface area contributed by atoms with Crippen LogP contribution >= 0.6 is 0 Å². The molecule has 18 heavy (non-hydrogen) atoms. The van der Waals surface area contributed by atoms with Gasteiger partial charge >= 0.3 is 0 Å². The van der Waals surface area contributed by atoms with Crippen LogP contribution in [-0.4, -0.2) is 48.5 Å². The fourth-order valence-electron chi connectivity index (χ4n) is 2.11. The average molecular weight is 250 g/mol. The molecular formula is C10H12N5O3. The predicted molar refractivity (Wildman–Crippen MR) is 59.7 cm³/mol. The van der Waals surface area contributed by atoms with E-state index in [1.165, 1.54) is 12.7 Å². The minimum Gasteiger partial charge on any atom is -0.394 e. The molecule has 0 amide bonds. The molecule has 95 valence electrons. The number of fused-ring (bicyclic) bond motifs is 1. The molecule has 3 atom stereocenters. The molecule has 1 aliphatic heterocycles. The van der Waals surface area contributed by atoms with Crippen LogP contribution in [0.2, 0.25) is 0 Å². The first kappa shape index (κ1) is 11.3. The van der Waals surface area contributed by atoms with Crippen molar-refractivity contribution < 1.29 is 14.9 Å². The third-order valence-electron chi connectivity index (χ3n) is 3.05. The summed E-state index contributed by atoms with van der Waals surface area (Å²) in [6.07, 6.45) is 1.41. The van der Waals surface area contributed by atoms with Crippen molar-refractivity contribution in [3.8, 4) is 0 Å². The molecule has 3 heterocycles. The normalized spacial score (nSPS) is 28.0. The monoisotopic (exact) mass is 250 g/mol. The lowest BCUT2D eigenvalue weighted by Crippen LogP contribution is -2.24. The van der Waals surface area contributed by atoms with E-state index in [0.29, 0.717) is 17.6 Å². The van der Waals surface area contributed by atoms with Crippen molar-refractivity contribution in [2.75, 3.05) is 6.61 Å². The first-order valence-electron chi connectivity index (χ1n) is 5.54. The van der Waals surface area contributed by atoms with Gasteiger partial charge in [-0.2, -0.15) is 0 Å². The van der Waals surface area contributed by atoms with E-state index in [1.54, 1.807) is 4.57 Å². The van der Waals surface area contributed by atoms with Crippen LogP contribution in [0.5, 0.6) is 0 Å². The molecule has 0 bridgehead atoms. The number of aromatic nitrogens is 4. The zero-order chi connectivity index (χ0) is 12.7. The standard InChI is InChI=1S/C10H12N5O3/c11-9-8-10(13-3-12-9)15(4-14-8)7-1-5(17)6(2-16)18-7/h3-7,11,16-17H,1-2H2/t5-,6+,7+/m0/s1. The lowest BCUT2D eigenvalue weighted by Gasteiger charge is -2.13. The second-order valence-corrected chi connectivity index (χ2v) is 4.16. The summed E-state index contributed by atoms with van der Waals surface area (Å²) in [6, 6.07) is 0. The molecule has 1 radical (unpaired) electrons. The van der Waals surface area contributed by atoms with E-state index in [2.05, 4.69) is 15.0 Å². The molecule has 0 spiro atoms. The molecule has 2 aromatic heterocycles. The van der Waals surface area contributed by atoms with Gasteiger partial charge in [0.2, 0.25) is 0 Å². The zero-order valence-electron chi connectivity index (χ0n) is 9.39. The number of rotatable bonds is 2. The van der Waals surface area contributed by atoms with E-state index in [4.69, 9.17) is 15.6 Å². The van der Waals surface area contributed by atoms with Gasteiger partial charge in [-0.1, -0.05) is 0 Å². The Hall–Kier alpha value is -1.77. The first-order valence-corrected chi connectivity index (χ1v) is 5.54. The Bertz CT molecular complexity index is 572. The number of nitrogens with zero attached hydrogens (tertiary/aromatic N) is 4. The Labute approximate surface area is 102 Å². The fourth-order valence-corrected chi connectivity index (χ4v) is 2.11. The minimum atomic E-state index is -0.713. The molecule has 8 heteroatoms. The molecule has 0 aromatic carbocycles. The summed E-state index contributed by atoms with van der Waals surface area (Å²) in [6.45, 7) is -0.233. The SMILES string of the molecule is [NH]c1ncnc2c1ncn2[C@H]1C[C@H](O)[C@@H](CO)O1. The van der Waals surface area contributed by atoms with Gasteiger partial charge < -0.3 is 14.9 Å². The summed E-state index contributed by atoms with van der Waals surface area (Å²) < 4.78 is 7.16. The van der Waals surface area contributed by atoms with Crippen molar-refractivity contribution in [1.29, 1.82) is 0 Å². The molecule has 1 fully saturated rings. The molecule has 8 nitrogen and oxygen atoms in total. The fraction of sp³-hybridized carbons (Fsp3) is 0.500.